The lowest BCUT2D eigenvalue weighted by molar-refractivity contribution is -0.116. The first-order valence-corrected chi connectivity index (χ1v) is 10.5. The van der Waals surface area contributed by atoms with Crippen molar-refractivity contribution in [2.24, 2.45) is 0 Å². The van der Waals surface area contributed by atoms with E-state index < -0.39 is 15.9 Å². The summed E-state index contributed by atoms with van der Waals surface area (Å²) in [6.07, 6.45) is 0. The number of methoxy groups -OCH3 is 1. The highest BCUT2D eigenvalue weighted by Crippen LogP contribution is 2.26. The Hall–Kier alpha value is -1.90. The van der Waals surface area contributed by atoms with Crippen LogP contribution in [0.25, 0.3) is 0 Å². The molecule has 1 N–H and O–H groups in total. The molecule has 0 aliphatic heterocycles. The van der Waals surface area contributed by atoms with Crippen molar-refractivity contribution in [3.63, 3.8) is 0 Å². The minimum absolute atomic E-state index is 0.118. The summed E-state index contributed by atoms with van der Waals surface area (Å²) >= 11 is 3.41. The van der Waals surface area contributed by atoms with Crippen molar-refractivity contribution in [2.75, 3.05) is 26.0 Å². The van der Waals surface area contributed by atoms with E-state index in [2.05, 4.69) is 21.2 Å². The lowest BCUT2D eigenvalue weighted by Crippen LogP contribution is -2.35. The van der Waals surface area contributed by atoms with Crippen LogP contribution in [-0.4, -0.2) is 39.3 Å². The van der Waals surface area contributed by atoms with Crippen molar-refractivity contribution in [1.29, 1.82) is 0 Å². The van der Waals surface area contributed by atoms with E-state index in [0.29, 0.717) is 17.0 Å². The van der Waals surface area contributed by atoms with E-state index in [9.17, 15) is 13.2 Å². The molecule has 8 heteroatoms. The molecule has 0 saturated carbocycles. The second kappa shape index (κ2) is 8.41. The van der Waals surface area contributed by atoms with Crippen molar-refractivity contribution in [2.45, 2.75) is 25.7 Å². The molecule has 0 atom stereocenters. The lowest BCUT2D eigenvalue weighted by Gasteiger charge is -2.19. The highest BCUT2D eigenvalue weighted by molar-refractivity contribution is 9.10. The minimum atomic E-state index is -3.79. The predicted octanol–water partition coefficient (Wildman–Crippen LogP) is 3.64. The molecule has 0 aliphatic carbocycles. The van der Waals surface area contributed by atoms with Gasteiger partial charge in [0.2, 0.25) is 15.9 Å². The molecule has 0 saturated heterocycles. The van der Waals surface area contributed by atoms with Crippen LogP contribution in [0, 0.1) is 20.8 Å². The first kappa shape index (κ1) is 21.4. The third-order valence-corrected chi connectivity index (χ3v) is 6.46. The summed E-state index contributed by atoms with van der Waals surface area (Å²) in [6.45, 7) is 5.24. The van der Waals surface area contributed by atoms with Gasteiger partial charge in [0.05, 0.1) is 18.6 Å². The number of halogens is 1. The van der Waals surface area contributed by atoms with Crippen LogP contribution >= 0.6 is 15.9 Å². The SMILES string of the molecule is COc1ccc(S(=O)(=O)N(C)CC(=O)Nc2c(C)cc(Br)cc2C)cc1C. The Balaban J connectivity index is 2.17. The molecular weight excluding hydrogens is 432 g/mol. The van der Waals surface area contributed by atoms with Crippen LogP contribution < -0.4 is 10.1 Å². The van der Waals surface area contributed by atoms with Gasteiger partial charge in [0.25, 0.3) is 0 Å². The van der Waals surface area contributed by atoms with Crippen molar-refractivity contribution >= 4 is 37.5 Å². The number of nitrogens with zero attached hydrogens (tertiary/aromatic N) is 1. The molecule has 0 radical (unpaired) electrons. The number of anilines is 1. The minimum Gasteiger partial charge on any atom is -0.496 e. The van der Waals surface area contributed by atoms with Crippen molar-refractivity contribution in [3.8, 4) is 5.75 Å². The van der Waals surface area contributed by atoms with Crippen LogP contribution in [0.1, 0.15) is 16.7 Å². The number of ether oxygens (including phenoxy) is 1. The van der Waals surface area contributed by atoms with Crippen LogP contribution in [0.3, 0.4) is 0 Å². The number of sulfonamides is 1. The van der Waals surface area contributed by atoms with Crippen LogP contribution in [0.4, 0.5) is 5.69 Å². The first-order valence-electron chi connectivity index (χ1n) is 8.24. The molecule has 0 fully saturated rings. The van der Waals surface area contributed by atoms with Crippen LogP contribution in [-0.2, 0) is 14.8 Å². The number of nitrogens with one attached hydrogen (secondary N) is 1. The number of hydrogen-bond acceptors (Lipinski definition) is 4. The number of rotatable bonds is 6. The molecule has 2 aromatic carbocycles. The Morgan fingerprint density at radius 1 is 1.11 bits per heavy atom. The summed E-state index contributed by atoms with van der Waals surface area (Å²) in [4.78, 5) is 12.5. The maximum absolute atomic E-state index is 12.7. The van der Waals surface area contributed by atoms with E-state index in [0.717, 1.165) is 19.9 Å². The standard InChI is InChI=1S/C19H23BrN2O4S/c1-12-10-16(6-7-17(12)26-5)27(24,25)22(4)11-18(23)21-19-13(2)8-15(20)9-14(19)3/h6-10H,11H2,1-5H3,(H,21,23). The van der Waals surface area contributed by atoms with Gasteiger partial charge in [-0.05, 0) is 67.8 Å². The van der Waals surface area contributed by atoms with Gasteiger partial charge in [-0.3, -0.25) is 4.79 Å². The number of benzene rings is 2. The highest BCUT2D eigenvalue weighted by atomic mass is 79.9. The Kier molecular flexibility index (Phi) is 6.67. The van der Waals surface area contributed by atoms with Crippen LogP contribution in [0.5, 0.6) is 5.75 Å². The zero-order valence-corrected chi connectivity index (χ0v) is 18.4. The maximum atomic E-state index is 12.7. The third-order valence-electron chi connectivity index (χ3n) is 4.20. The molecule has 0 aromatic heterocycles. The number of hydrogen-bond donors (Lipinski definition) is 1. The Bertz CT molecular complexity index is 951. The first-order chi connectivity index (χ1) is 12.6. The second-order valence-corrected chi connectivity index (χ2v) is 9.32. The number of aryl methyl sites for hydroxylation is 3. The summed E-state index contributed by atoms with van der Waals surface area (Å²) in [5.74, 6) is 0.204. The largest absolute Gasteiger partial charge is 0.496 e. The van der Waals surface area contributed by atoms with E-state index in [-0.39, 0.29) is 11.4 Å². The zero-order valence-electron chi connectivity index (χ0n) is 16.0. The van der Waals surface area contributed by atoms with E-state index in [1.165, 1.54) is 26.3 Å². The topological polar surface area (TPSA) is 75.7 Å². The molecule has 0 unspecified atom stereocenters. The van der Waals surface area contributed by atoms with Gasteiger partial charge in [-0.2, -0.15) is 4.31 Å². The number of carbonyl (C=O) groups is 1. The Morgan fingerprint density at radius 3 is 2.22 bits per heavy atom. The summed E-state index contributed by atoms with van der Waals surface area (Å²) in [5, 5.41) is 2.80. The quantitative estimate of drug-likeness (QED) is 0.722. The molecule has 6 nitrogen and oxygen atoms in total. The van der Waals surface area contributed by atoms with Gasteiger partial charge in [-0.15, -0.1) is 0 Å². The van der Waals surface area contributed by atoms with Gasteiger partial charge in [-0.1, -0.05) is 15.9 Å². The zero-order chi connectivity index (χ0) is 20.4. The fourth-order valence-electron chi connectivity index (χ4n) is 2.77. The van der Waals surface area contributed by atoms with Crippen molar-refractivity contribution in [3.05, 3.63) is 51.5 Å². The van der Waals surface area contributed by atoms with Crippen LogP contribution in [0.15, 0.2) is 39.7 Å². The lowest BCUT2D eigenvalue weighted by atomic mass is 10.1. The Morgan fingerprint density at radius 2 is 1.70 bits per heavy atom. The van der Waals surface area contributed by atoms with Gasteiger partial charge < -0.3 is 10.1 Å². The van der Waals surface area contributed by atoms with E-state index in [1.54, 1.807) is 13.0 Å². The molecule has 0 bridgehead atoms. The van der Waals surface area contributed by atoms with Gasteiger partial charge >= 0.3 is 0 Å². The van der Waals surface area contributed by atoms with Crippen LogP contribution in [0.2, 0.25) is 0 Å². The molecule has 2 rings (SSSR count). The number of amides is 1. The maximum Gasteiger partial charge on any atom is 0.243 e. The van der Waals surface area contributed by atoms with E-state index in [4.69, 9.17) is 4.74 Å². The van der Waals surface area contributed by atoms with E-state index >= 15 is 0 Å². The molecule has 2 aromatic rings. The summed E-state index contributed by atoms with van der Waals surface area (Å²) < 4.78 is 32.6. The fourth-order valence-corrected chi connectivity index (χ4v) is 4.66. The fraction of sp³-hybridized carbons (Fsp3) is 0.316. The molecule has 0 spiro atoms. The molecule has 27 heavy (non-hydrogen) atoms. The smallest absolute Gasteiger partial charge is 0.243 e. The highest BCUT2D eigenvalue weighted by Gasteiger charge is 2.24. The monoisotopic (exact) mass is 454 g/mol. The molecular formula is C19H23BrN2O4S. The molecule has 0 aliphatic rings. The molecule has 146 valence electrons. The van der Waals surface area contributed by atoms with Crippen molar-refractivity contribution in [1.82, 2.24) is 4.31 Å². The predicted molar refractivity (Wildman–Crippen MR) is 110 cm³/mol. The average molecular weight is 455 g/mol. The van der Waals surface area contributed by atoms with E-state index in [1.807, 2.05) is 26.0 Å². The molecule has 0 heterocycles. The number of likely N-dealkylation sites (N-methyl/N-ethyl adjacent to an activating group) is 1. The van der Waals surface area contributed by atoms with Gasteiger partial charge in [0.1, 0.15) is 5.75 Å². The van der Waals surface area contributed by atoms with Gasteiger partial charge in [0.15, 0.2) is 0 Å². The van der Waals surface area contributed by atoms with Gasteiger partial charge in [-0.25, -0.2) is 8.42 Å². The van der Waals surface area contributed by atoms with Crippen molar-refractivity contribution < 1.29 is 17.9 Å². The summed E-state index contributed by atoms with van der Waals surface area (Å²) in [5.41, 5.74) is 3.19. The normalized spacial score (nSPS) is 11.5. The number of carbonyl (C=O) groups excluding carboxylic acids is 1. The summed E-state index contributed by atoms with van der Waals surface area (Å²) in [7, 11) is -0.880. The Labute approximate surface area is 168 Å². The third kappa shape index (κ3) is 4.88. The average Bonchev–Trinajstić information content (AvgIpc) is 2.57. The van der Waals surface area contributed by atoms with Gasteiger partial charge in [0, 0.05) is 17.2 Å². The second-order valence-electron chi connectivity index (χ2n) is 6.36. The summed E-state index contributed by atoms with van der Waals surface area (Å²) in [6, 6.07) is 8.39. The molecule has 1 amide bonds.